The number of carbonyl (C=O) groups is 3. The van der Waals surface area contributed by atoms with Crippen LogP contribution in [0.15, 0.2) is 54.6 Å². The minimum atomic E-state index is -0.904. The largest absolute Gasteiger partial charge is 0.395 e. The zero-order valence-electron chi connectivity index (χ0n) is 20.3. The molecule has 0 aliphatic heterocycles. The summed E-state index contributed by atoms with van der Waals surface area (Å²) in [4.78, 5) is 41.1. The molecule has 0 saturated heterocycles. The summed E-state index contributed by atoms with van der Waals surface area (Å²) in [7, 11) is 0. The fourth-order valence-corrected chi connectivity index (χ4v) is 5.33. The van der Waals surface area contributed by atoms with Crippen molar-refractivity contribution >= 4 is 34.9 Å². The van der Waals surface area contributed by atoms with E-state index in [-0.39, 0.29) is 34.8 Å². The first-order valence-corrected chi connectivity index (χ1v) is 12.9. The van der Waals surface area contributed by atoms with Gasteiger partial charge in [-0.3, -0.25) is 14.4 Å². The molecular formula is C27H31N5O3S. The minimum absolute atomic E-state index is 0.0640. The smallest absolute Gasteiger partial charge is 0.270 e. The van der Waals surface area contributed by atoms with Gasteiger partial charge in [0.05, 0.1) is 5.69 Å². The van der Waals surface area contributed by atoms with Crippen LogP contribution in [0.3, 0.4) is 0 Å². The molecule has 8 nitrogen and oxygen atoms in total. The summed E-state index contributed by atoms with van der Waals surface area (Å²) in [5.74, 6) is -1.53. The Bertz CT molecular complexity index is 1220. The Labute approximate surface area is 214 Å². The number of nitrogen functional groups attached to an aromatic ring is 1. The van der Waals surface area contributed by atoms with Gasteiger partial charge in [-0.25, -0.2) is 0 Å². The zero-order chi connectivity index (χ0) is 25.7. The fourth-order valence-electron chi connectivity index (χ4n) is 4.57. The van der Waals surface area contributed by atoms with Crippen LogP contribution >= 0.6 is 11.5 Å². The third-order valence-electron chi connectivity index (χ3n) is 6.52. The summed E-state index contributed by atoms with van der Waals surface area (Å²) in [5, 5.41) is 3.19. The normalized spacial score (nSPS) is 14.7. The second-order valence-corrected chi connectivity index (χ2v) is 9.99. The maximum Gasteiger partial charge on any atom is 0.270 e. The summed E-state index contributed by atoms with van der Waals surface area (Å²) in [6.07, 6.45) is 5.14. The third kappa shape index (κ3) is 5.73. The van der Waals surface area contributed by atoms with E-state index >= 15 is 0 Å². The van der Waals surface area contributed by atoms with E-state index < -0.39 is 17.9 Å². The molecule has 2 aromatic carbocycles. The number of anilines is 1. The number of hydrogen-bond acceptors (Lipinski definition) is 6. The van der Waals surface area contributed by atoms with E-state index in [0.717, 1.165) is 48.3 Å². The molecule has 1 heterocycles. The van der Waals surface area contributed by atoms with Gasteiger partial charge in [-0.05, 0) is 42.4 Å². The highest BCUT2D eigenvalue weighted by atomic mass is 32.1. The van der Waals surface area contributed by atoms with Crippen molar-refractivity contribution in [2.45, 2.75) is 57.7 Å². The lowest BCUT2D eigenvalue weighted by molar-refractivity contribution is -0.127. The van der Waals surface area contributed by atoms with E-state index in [1.54, 1.807) is 0 Å². The molecule has 0 unspecified atom stereocenters. The van der Waals surface area contributed by atoms with Crippen molar-refractivity contribution in [2.75, 3.05) is 5.73 Å². The van der Waals surface area contributed by atoms with Crippen LogP contribution in [-0.4, -0.2) is 33.0 Å². The van der Waals surface area contributed by atoms with Crippen LogP contribution in [0.5, 0.6) is 0 Å². The molecule has 4 rings (SSSR count). The molecule has 0 bridgehead atoms. The summed E-state index contributed by atoms with van der Waals surface area (Å²) in [6.45, 7) is 2.14. The Kier molecular flexibility index (Phi) is 8.00. The lowest BCUT2D eigenvalue weighted by atomic mass is 9.94. The molecule has 3 amide bonds. The number of rotatable bonds is 8. The number of nitrogens with one attached hydrogen (secondary N) is 1. The molecular weight excluding hydrogens is 474 g/mol. The van der Waals surface area contributed by atoms with Crippen molar-refractivity contribution < 1.29 is 14.4 Å². The lowest BCUT2D eigenvalue weighted by Gasteiger charge is -2.33. The van der Waals surface area contributed by atoms with Gasteiger partial charge in [0.25, 0.3) is 11.8 Å². The number of nitrogens with zero attached hydrogens (tertiary/aromatic N) is 2. The second-order valence-electron chi connectivity index (χ2n) is 9.21. The Morgan fingerprint density at radius 2 is 1.72 bits per heavy atom. The zero-order valence-corrected chi connectivity index (χ0v) is 21.1. The highest BCUT2D eigenvalue weighted by molar-refractivity contribution is 7.09. The number of carbonyl (C=O) groups excluding carboxylic acids is 3. The van der Waals surface area contributed by atoms with Crippen LogP contribution in [0.25, 0.3) is 0 Å². The molecule has 1 aliphatic carbocycles. The number of aromatic nitrogens is 1. The number of hydrogen-bond donors (Lipinski definition) is 3. The van der Waals surface area contributed by atoms with E-state index in [9.17, 15) is 14.4 Å². The van der Waals surface area contributed by atoms with E-state index in [1.165, 1.54) is 11.3 Å². The Morgan fingerprint density at radius 3 is 2.33 bits per heavy atom. The van der Waals surface area contributed by atoms with Gasteiger partial charge in [-0.15, -0.1) is 0 Å². The predicted octanol–water partition coefficient (Wildman–Crippen LogP) is 3.97. The van der Waals surface area contributed by atoms with E-state index in [1.807, 2.05) is 61.5 Å². The molecule has 1 aromatic heterocycles. The monoisotopic (exact) mass is 505 g/mol. The van der Waals surface area contributed by atoms with Crippen LogP contribution in [0.2, 0.25) is 0 Å². The molecule has 1 fully saturated rings. The molecule has 3 aromatic rings. The Hall–Kier alpha value is -3.72. The van der Waals surface area contributed by atoms with E-state index in [4.69, 9.17) is 11.5 Å². The molecule has 1 aliphatic rings. The van der Waals surface area contributed by atoms with Gasteiger partial charge in [0.1, 0.15) is 10.9 Å². The summed E-state index contributed by atoms with van der Waals surface area (Å²) in [5.41, 5.74) is 13.9. The summed E-state index contributed by atoms with van der Waals surface area (Å²) in [6, 6.07) is 16.2. The molecule has 5 N–H and O–H groups in total. The Morgan fingerprint density at radius 1 is 1.06 bits per heavy atom. The first kappa shape index (κ1) is 25.4. The van der Waals surface area contributed by atoms with Crippen LogP contribution < -0.4 is 16.8 Å². The molecule has 0 spiro atoms. The molecule has 36 heavy (non-hydrogen) atoms. The number of primary amides is 1. The molecule has 0 radical (unpaired) electrons. The van der Waals surface area contributed by atoms with Crippen molar-refractivity contribution in [3.05, 3.63) is 81.9 Å². The van der Waals surface area contributed by atoms with Crippen molar-refractivity contribution in [1.82, 2.24) is 14.6 Å². The number of amides is 3. The van der Waals surface area contributed by atoms with Gasteiger partial charge >= 0.3 is 0 Å². The van der Waals surface area contributed by atoms with Crippen molar-refractivity contribution in [2.24, 2.45) is 5.73 Å². The van der Waals surface area contributed by atoms with E-state index in [2.05, 4.69) is 9.69 Å². The third-order valence-corrected chi connectivity index (χ3v) is 7.37. The molecule has 1 saturated carbocycles. The van der Waals surface area contributed by atoms with Crippen LogP contribution in [0.1, 0.15) is 75.0 Å². The quantitative estimate of drug-likeness (QED) is 0.426. The van der Waals surface area contributed by atoms with Gasteiger partial charge in [0, 0.05) is 12.6 Å². The number of benzene rings is 2. The molecule has 188 valence electrons. The average Bonchev–Trinajstić information content (AvgIpc) is 3.27. The molecule has 9 heteroatoms. The van der Waals surface area contributed by atoms with Gasteiger partial charge < -0.3 is 21.7 Å². The first-order valence-electron chi connectivity index (χ1n) is 12.1. The average molecular weight is 506 g/mol. The van der Waals surface area contributed by atoms with Crippen LogP contribution in [0.4, 0.5) is 5.69 Å². The maximum absolute atomic E-state index is 14.0. The topological polar surface area (TPSA) is 131 Å². The van der Waals surface area contributed by atoms with Crippen LogP contribution in [0, 0.1) is 6.92 Å². The molecule has 1 atom stereocenters. The Balaban J connectivity index is 1.77. The minimum Gasteiger partial charge on any atom is -0.395 e. The number of aryl methyl sites for hydroxylation is 1. The van der Waals surface area contributed by atoms with Crippen molar-refractivity contribution in [3.8, 4) is 0 Å². The number of nitrogens with two attached hydrogens (primary N) is 2. The predicted molar refractivity (Wildman–Crippen MR) is 140 cm³/mol. The highest BCUT2D eigenvalue weighted by Crippen LogP contribution is 2.31. The van der Waals surface area contributed by atoms with Crippen molar-refractivity contribution in [3.63, 3.8) is 0 Å². The second kappa shape index (κ2) is 11.3. The van der Waals surface area contributed by atoms with Gasteiger partial charge in [0.2, 0.25) is 5.91 Å². The summed E-state index contributed by atoms with van der Waals surface area (Å²) >= 11 is 0.815. The van der Waals surface area contributed by atoms with Gasteiger partial charge in [0.15, 0.2) is 5.69 Å². The van der Waals surface area contributed by atoms with Gasteiger partial charge in [-0.2, -0.15) is 4.37 Å². The lowest BCUT2D eigenvalue weighted by Crippen LogP contribution is -2.46. The van der Waals surface area contributed by atoms with E-state index in [0.29, 0.717) is 5.56 Å². The van der Waals surface area contributed by atoms with Crippen molar-refractivity contribution in [1.29, 1.82) is 0 Å². The van der Waals surface area contributed by atoms with Crippen LogP contribution in [-0.2, 0) is 11.3 Å². The standard InChI is InChI=1S/C27H31N5O3S/c1-17-12-14-19(15-13-17)23(26(34)30-20-10-6-3-7-11-20)32(16-18-8-4-2-5-9-18)27(35)24-21(28)22(25(29)33)31-36-24/h2,4-5,8-9,12-15,20,23H,3,6-7,10-11,16,28H2,1H3,(H2,29,33)(H,30,34)/t23-/m0/s1. The van der Waals surface area contributed by atoms with Gasteiger partial charge in [-0.1, -0.05) is 79.4 Å². The summed E-state index contributed by atoms with van der Waals surface area (Å²) < 4.78 is 4.00. The highest BCUT2D eigenvalue weighted by Gasteiger charge is 2.35. The SMILES string of the molecule is Cc1ccc([C@@H](C(=O)NC2CCCCC2)N(Cc2ccccc2)C(=O)c2snc(C(N)=O)c2N)cc1. The fraction of sp³-hybridized carbons (Fsp3) is 0.333. The maximum atomic E-state index is 14.0. The first-order chi connectivity index (χ1) is 17.3.